The van der Waals surface area contributed by atoms with Crippen molar-refractivity contribution in [3.05, 3.63) is 70.8 Å². The van der Waals surface area contributed by atoms with Crippen LogP contribution in [0.2, 0.25) is 0 Å². The van der Waals surface area contributed by atoms with Crippen LogP contribution in [0.3, 0.4) is 0 Å². The van der Waals surface area contributed by atoms with E-state index in [0.717, 1.165) is 16.7 Å². The average Bonchev–Trinajstić information content (AvgIpc) is 2.71. The first-order valence-corrected chi connectivity index (χ1v) is 12.0. The van der Waals surface area contributed by atoms with Gasteiger partial charge in [0.25, 0.3) is 0 Å². The summed E-state index contributed by atoms with van der Waals surface area (Å²) in [5.74, 6) is -3.18. The Kier molecular flexibility index (Phi) is 7.07. The third-order valence-electron chi connectivity index (χ3n) is 6.38. The van der Waals surface area contributed by atoms with Crippen molar-refractivity contribution in [1.29, 1.82) is 0 Å². The number of carbonyl (C=O) groups is 4. The normalized spacial score (nSPS) is 16.6. The Morgan fingerprint density at radius 3 is 1.54 bits per heavy atom. The van der Waals surface area contributed by atoms with Gasteiger partial charge in [-0.05, 0) is 61.0 Å². The zero-order chi connectivity index (χ0) is 26.3. The lowest BCUT2D eigenvalue weighted by molar-refractivity contribution is -0.156. The van der Waals surface area contributed by atoms with Gasteiger partial charge in [-0.15, -0.1) is 0 Å². The van der Waals surface area contributed by atoms with Gasteiger partial charge in [0.1, 0.15) is 5.92 Å². The molecule has 186 valence electrons. The van der Waals surface area contributed by atoms with E-state index < -0.39 is 40.8 Å². The van der Waals surface area contributed by atoms with Gasteiger partial charge in [0.15, 0.2) is 5.78 Å². The summed E-state index contributed by atoms with van der Waals surface area (Å²) in [5.41, 5.74) is 1.64. The molecule has 0 aromatic heterocycles. The van der Waals surface area contributed by atoms with E-state index in [1.54, 1.807) is 53.7 Å². The first kappa shape index (κ1) is 26.3. The Morgan fingerprint density at radius 2 is 1.14 bits per heavy atom. The molecule has 0 bridgehead atoms. The Balaban J connectivity index is 2.15. The molecule has 0 radical (unpaired) electrons. The summed E-state index contributed by atoms with van der Waals surface area (Å²) in [5, 5.41) is 0. The topological polar surface area (TPSA) is 74.8 Å². The Labute approximate surface area is 208 Å². The largest absolute Gasteiger partial charge is 0.334 e. The van der Waals surface area contributed by atoms with Crippen LogP contribution in [0.1, 0.15) is 80.9 Å². The molecule has 3 rings (SSSR count). The van der Waals surface area contributed by atoms with Gasteiger partial charge >= 0.3 is 6.03 Å². The molecule has 6 heteroatoms. The second kappa shape index (κ2) is 9.40. The number of carbonyl (C=O) groups excluding carboxylic acids is 4. The third kappa shape index (κ3) is 5.37. The first-order chi connectivity index (χ1) is 16.1. The van der Waals surface area contributed by atoms with Crippen molar-refractivity contribution in [3.63, 3.8) is 0 Å². The molecule has 1 aliphatic heterocycles. The van der Waals surface area contributed by atoms with Gasteiger partial charge in [0.2, 0.25) is 11.8 Å². The number of hydrogen-bond donors (Lipinski definition) is 0. The molecule has 0 N–H and O–H groups in total. The molecule has 4 amide bonds. The number of ketones is 1. The molecule has 0 spiro atoms. The van der Waals surface area contributed by atoms with Crippen LogP contribution in [0.25, 0.3) is 0 Å². The zero-order valence-electron chi connectivity index (χ0n) is 22.0. The van der Waals surface area contributed by atoms with E-state index in [4.69, 9.17) is 0 Å². The number of nitrogens with zero attached hydrogens (tertiary/aromatic N) is 2. The standard InChI is InChI=1S/C29H36N2O4/c1-18-9-13-20(14-10-18)22(17-23(32)21-15-11-19(2)12-16-21)24-25(33)30(28(3,4)5)27(35)31(26(24)34)29(6,7)8/h9-16,22,24H,17H2,1-8H3/t22-/m1/s1. The van der Waals surface area contributed by atoms with Gasteiger partial charge in [0, 0.05) is 29.0 Å². The van der Waals surface area contributed by atoms with Crippen LogP contribution in [0.4, 0.5) is 4.79 Å². The summed E-state index contributed by atoms with van der Waals surface area (Å²) in [6.07, 6.45) is -0.0293. The van der Waals surface area contributed by atoms with Crippen molar-refractivity contribution >= 4 is 23.6 Å². The quantitative estimate of drug-likeness (QED) is 0.412. The highest BCUT2D eigenvalue weighted by molar-refractivity contribution is 6.17. The molecule has 35 heavy (non-hydrogen) atoms. The van der Waals surface area contributed by atoms with Gasteiger partial charge < -0.3 is 0 Å². The Hall–Kier alpha value is -3.28. The van der Waals surface area contributed by atoms with Crippen molar-refractivity contribution in [3.8, 4) is 0 Å². The number of amides is 4. The van der Waals surface area contributed by atoms with Crippen molar-refractivity contribution in [1.82, 2.24) is 9.80 Å². The number of barbiturate groups is 1. The van der Waals surface area contributed by atoms with Crippen molar-refractivity contribution in [2.24, 2.45) is 5.92 Å². The van der Waals surface area contributed by atoms with Crippen molar-refractivity contribution in [2.45, 2.75) is 78.8 Å². The molecule has 0 unspecified atom stereocenters. The minimum absolute atomic E-state index is 0.0293. The van der Waals surface area contributed by atoms with E-state index in [9.17, 15) is 19.2 Å². The Bertz CT molecular complexity index is 1100. The number of hydrogen-bond acceptors (Lipinski definition) is 4. The van der Waals surface area contributed by atoms with Crippen LogP contribution >= 0.6 is 0 Å². The highest BCUT2D eigenvalue weighted by Gasteiger charge is 2.55. The fourth-order valence-electron chi connectivity index (χ4n) is 4.55. The van der Waals surface area contributed by atoms with Crippen LogP contribution < -0.4 is 0 Å². The van der Waals surface area contributed by atoms with Crippen molar-refractivity contribution < 1.29 is 19.2 Å². The number of Topliss-reactive ketones (excluding diaryl/α,β-unsaturated/α-hetero) is 1. The van der Waals surface area contributed by atoms with Gasteiger partial charge in [-0.25, -0.2) is 4.79 Å². The molecule has 1 heterocycles. The summed E-state index contributed by atoms with van der Waals surface area (Å²) >= 11 is 0. The molecule has 2 aromatic rings. The van der Waals surface area contributed by atoms with Crippen LogP contribution in [0.5, 0.6) is 0 Å². The molecular formula is C29H36N2O4. The fourth-order valence-corrected chi connectivity index (χ4v) is 4.55. The van der Waals surface area contributed by atoms with E-state index in [2.05, 4.69) is 0 Å². The molecular weight excluding hydrogens is 440 g/mol. The SMILES string of the molecule is Cc1ccc(C(=O)C[C@H](c2ccc(C)cc2)C2C(=O)N(C(C)(C)C)C(=O)N(C(C)(C)C)C2=O)cc1. The highest BCUT2D eigenvalue weighted by Crippen LogP contribution is 2.39. The Morgan fingerprint density at radius 1 is 0.743 bits per heavy atom. The van der Waals surface area contributed by atoms with Crippen LogP contribution in [0.15, 0.2) is 48.5 Å². The van der Waals surface area contributed by atoms with E-state index in [1.807, 2.05) is 50.2 Å². The third-order valence-corrected chi connectivity index (χ3v) is 6.38. The molecule has 2 aromatic carbocycles. The summed E-state index contributed by atoms with van der Waals surface area (Å²) < 4.78 is 0. The lowest BCUT2D eigenvalue weighted by atomic mass is 9.77. The zero-order valence-corrected chi connectivity index (χ0v) is 22.0. The molecule has 1 aliphatic rings. The van der Waals surface area contributed by atoms with Gasteiger partial charge in [-0.2, -0.15) is 0 Å². The summed E-state index contributed by atoms with van der Waals surface area (Å²) in [6.45, 7) is 14.5. The summed E-state index contributed by atoms with van der Waals surface area (Å²) in [7, 11) is 0. The summed E-state index contributed by atoms with van der Waals surface area (Å²) in [4.78, 5) is 56.9. The van der Waals surface area contributed by atoms with Gasteiger partial charge in [0.05, 0.1) is 0 Å². The lowest BCUT2D eigenvalue weighted by Gasteiger charge is -2.48. The van der Waals surface area contributed by atoms with Crippen LogP contribution in [0, 0.1) is 19.8 Å². The van der Waals surface area contributed by atoms with E-state index in [-0.39, 0.29) is 12.2 Å². The minimum Gasteiger partial charge on any atom is -0.294 e. The van der Waals surface area contributed by atoms with Crippen LogP contribution in [-0.4, -0.2) is 44.5 Å². The molecule has 6 nitrogen and oxygen atoms in total. The number of rotatable bonds is 5. The number of urea groups is 1. The maximum Gasteiger partial charge on any atom is 0.334 e. The van der Waals surface area contributed by atoms with Gasteiger partial charge in [-0.1, -0.05) is 59.7 Å². The smallest absolute Gasteiger partial charge is 0.294 e. The molecule has 0 saturated carbocycles. The second-order valence-corrected chi connectivity index (χ2v) is 11.5. The maximum absolute atomic E-state index is 13.9. The average molecular weight is 477 g/mol. The fraction of sp³-hybridized carbons (Fsp3) is 0.448. The number of imide groups is 2. The molecule has 1 fully saturated rings. The molecule has 1 saturated heterocycles. The monoisotopic (exact) mass is 476 g/mol. The maximum atomic E-state index is 13.9. The first-order valence-electron chi connectivity index (χ1n) is 12.0. The van der Waals surface area contributed by atoms with Gasteiger partial charge in [-0.3, -0.25) is 24.2 Å². The van der Waals surface area contributed by atoms with E-state index in [1.165, 1.54) is 9.80 Å². The lowest BCUT2D eigenvalue weighted by Crippen LogP contribution is -2.68. The highest BCUT2D eigenvalue weighted by atomic mass is 16.2. The number of benzene rings is 2. The van der Waals surface area contributed by atoms with E-state index >= 15 is 0 Å². The molecule has 1 atom stereocenters. The predicted molar refractivity (Wildman–Crippen MR) is 136 cm³/mol. The molecule has 0 aliphatic carbocycles. The second-order valence-electron chi connectivity index (χ2n) is 11.5. The predicted octanol–water partition coefficient (Wildman–Crippen LogP) is 5.66. The van der Waals surface area contributed by atoms with Crippen LogP contribution in [-0.2, 0) is 9.59 Å². The summed E-state index contributed by atoms with van der Waals surface area (Å²) in [6, 6.07) is 14.2. The minimum atomic E-state index is -1.19. The van der Waals surface area contributed by atoms with Crippen molar-refractivity contribution in [2.75, 3.05) is 0 Å². The van der Waals surface area contributed by atoms with E-state index in [0.29, 0.717) is 5.56 Å². The number of aryl methyl sites for hydroxylation is 2.